The van der Waals surface area contributed by atoms with E-state index in [0.717, 1.165) is 12.8 Å². The van der Waals surface area contributed by atoms with E-state index in [1.165, 1.54) is 18.2 Å². The van der Waals surface area contributed by atoms with Crippen LogP contribution in [0.25, 0.3) is 0 Å². The molecule has 0 bridgehead atoms. The number of hydrogen-bond acceptors (Lipinski definition) is 2. The van der Waals surface area contributed by atoms with Crippen molar-refractivity contribution in [2.75, 3.05) is 6.61 Å². The topological polar surface area (TPSA) is 33.0 Å². The summed E-state index contributed by atoms with van der Waals surface area (Å²) in [6.45, 7) is 0.493. The molecule has 0 saturated heterocycles. The summed E-state index contributed by atoms with van der Waals surface area (Å²) in [6, 6.07) is 6.07. The van der Waals surface area contributed by atoms with Crippen LogP contribution in [0.5, 0.6) is 5.75 Å². The van der Waals surface area contributed by atoms with E-state index in [-0.39, 0.29) is 10.8 Å². The highest BCUT2D eigenvalue weighted by atomic mass is 35.5. The molecule has 0 amide bonds. The Bertz CT molecular complexity index is 362. The van der Waals surface area contributed by atoms with Gasteiger partial charge in [0.2, 0.25) is 0 Å². The van der Waals surface area contributed by atoms with Crippen LogP contribution >= 0.6 is 11.6 Å². The van der Waals surface area contributed by atoms with Crippen LogP contribution in [0.4, 0.5) is 4.39 Å². The van der Waals surface area contributed by atoms with Crippen LogP contribution in [-0.2, 0) is 0 Å². The minimum absolute atomic E-state index is 0.273. The molecule has 2 nitrogen and oxygen atoms in total. The summed E-state index contributed by atoms with van der Waals surface area (Å²) in [4.78, 5) is 0. The van der Waals surface area contributed by atoms with Crippen molar-refractivity contribution in [2.24, 2.45) is 0 Å². The Morgan fingerprint density at radius 3 is 2.87 bits per heavy atom. The molecule has 80 valence electrons. The molecule has 0 atom stereocenters. The first-order valence-corrected chi connectivity index (χ1v) is 5.06. The van der Waals surface area contributed by atoms with Gasteiger partial charge in [-0.25, -0.2) is 4.39 Å². The van der Waals surface area contributed by atoms with Gasteiger partial charge in [-0.2, -0.15) is 5.26 Å². The zero-order chi connectivity index (χ0) is 11.1. The molecule has 0 spiro atoms. The predicted octanol–water partition coefficient (Wildman–Crippen LogP) is 3.55. The van der Waals surface area contributed by atoms with Crippen molar-refractivity contribution in [3.8, 4) is 11.8 Å². The highest BCUT2D eigenvalue weighted by molar-refractivity contribution is 6.32. The second kappa shape index (κ2) is 6.26. The third-order valence-corrected chi connectivity index (χ3v) is 2.13. The van der Waals surface area contributed by atoms with Gasteiger partial charge >= 0.3 is 0 Å². The number of rotatable bonds is 5. The largest absolute Gasteiger partial charge is 0.492 e. The molecule has 0 aliphatic carbocycles. The van der Waals surface area contributed by atoms with Crippen LogP contribution in [0.2, 0.25) is 5.02 Å². The molecule has 1 aromatic rings. The van der Waals surface area contributed by atoms with Gasteiger partial charge in [-0.15, -0.1) is 0 Å². The van der Waals surface area contributed by atoms with Crippen molar-refractivity contribution < 1.29 is 9.13 Å². The summed E-state index contributed by atoms with van der Waals surface area (Å²) in [5, 5.41) is 8.58. The Balaban J connectivity index is 2.35. The Morgan fingerprint density at radius 2 is 2.20 bits per heavy atom. The number of hydrogen-bond donors (Lipinski definition) is 0. The molecule has 1 rings (SSSR count). The highest BCUT2D eigenvalue weighted by Crippen LogP contribution is 2.24. The van der Waals surface area contributed by atoms with Crippen molar-refractivity contribution in [3.05, 3.63) is 29.0 Å². The minimum atomic E-state index is -0.378. The van der Waals surface area contributed by atoms with Gasteiger partial charge in [0.25, 0.3) is 0 Å². The lowest BCUT2D eigenvalue weighted by Crippen LogP contribution is -1.97. The van der Waals surface area contributed by atoms with E-state index in [2.05, 4.69) is 6.07 Å². The number of unbranched alkanes of at least 4 members (excludes halogenated alkanes) is 2. The molecular formula is C11H11ClFNO. The molecule has 0 saturated carbocycles. The van der Waals surface area contributed by atoms with Gasteiger partial charge in [-0.3, -0.25) is 0 Å². The smallest absolute Gasteiger partial charge is 0.138 e. The average molecular weight is 228 g/mol. The Morgan fingerprint density at radius 1 is 1.40 bits per heavy atom. The SMILES string of the molecule is N#CCCCCOc1ccc(F)cc1Cl. The first kappa shape index (κ1) is 11.8. The number of nitrogens with zero attached hydrogens (tertiary/aromatic N) is 1. The Labute approximate surface area is 93.2 Å². The lowest BCUT2D eigenvalue weighted by molar-refractivity contribution is 0.307. The van der Waals surface area contributed by atoms with E-state index in [1.807, 2.05) is 0 Å². The molecule has 0 aliphatic heterocycles. The Kier molecular flexibility index (Phi) is 4.92. The zero-order valence-electron chi connectivity index (χ0n) is 8.17. The first-order chi connectivity index (χ1) is 7.24. The molecule has 15 heavy (non-hydrogen) atoms. The second-order valence-corrected chi connectivity index (χ2v) is 3.45. The van der Waals surface area contributed by atoms with Crippen molar-refractivity contribution in [1.82, 2.24) is 0 Å². The maximum atomic E-state index is 12.7. The lowest BCUT2D eigenvalue weighted by atomic mass is 10.2. The summed E-state index contributed by atoms with van der Waals surface area (Å²) in [5.41, 5.74) is 0. The fraction of sp³-hybridized carbons (Fsp3) is 0.364. The van der Waals surface area contributed by atoms with Crippen molar-refractivity contribution >= 4 is 11.6 Å². The summed E-state index contributed by atoms with van der Waals surface area (Å²) in [7, 11) is 0. The summed E-state index contributed by atoms with van der Waals surface area (Å²) in [6.07, 6.45) is 2.12. The molecule has 0 unspecified atom stereocenters. The fourth-order valence-electron chi connectivity index (χ4n) is 1.08. The highest BCUT2D eigenvalue weighted by Gasteiger charge is 2.02. The van der Waals surface area contributed by atoms with E-state index in [0.29, 0.717) is 18.8 Å². The van der Waals surface area contributed by atoms with Gasteiger partial charge in [0, 0.05) is 6.42 Å². The fourth-order valence-corrected chi connectivity index (χ4v) is 1.30. The van der Waals surface area contributed by atoms with Gasteiger partial charge in [-0.05, 0) is 31.0 Å². The summed E-state index contributed by atoms with van der Waals surface area (Å²) in [5.74, 6) is 0.104. The van der Waals surface area contributed by atoms with Gasteiger partial charge in [0.15, 0.2) is 0 Å². The van der Waals surface area contributed by atoms with Crippen LogP contribution in [-0.4, -0.2) is 6.61 Å². The van der Waals surface area contributed by atoms with Gasteiger partial charge in [0.05, 0.1) is 17.7 Å². The third-order valence-electron chi connectivity index (χ3n) is 1.83. The van der Waals surface area contributed by atoms with Gasteiger partial charge in [0.1, 0.15) is 11.6 Å². The third kappa shape index (κ3) is 4.18. The predicted molar refractivity (Wildman–Crippen MR) is 56.4 cm³/mol. The van der Waals surface area contributed by atoms with Crippen LogP contribution in [0.3, 0.4) is 0 Å². The number of ether oxygens (including phenoxy) is 1. The lowest BCUT2D eigenvalue weighted by Gasteiger charge is -2.06. The monoisotopic (exact) mass is 227 g/mol. The molecule has 0 N–H and O–H groups in total. The maximum Gasteiger partial charge on any atom is 0.138 e. The average Bonchev–Trinajstić information content (AvgIpc) is 2.20. The molecule has 1 aromatic carbocycles. The normalized spacial score (nSPS) is 9.67. The first-order valence-electron chi connectivity index (χ1n) is 4.69. The van der Waals surface area contributed by atoms with E-state index in [4.69, 9.17) is 21.6 Å². The Hall–Kier alpha value is -1.27. The van der Waals surface area contributed by atoms with E-state index >= 15 is 0 Å². The van der Waals surface area contributed by atoms with Crippen LogP contribution in [0, 0.1) is 17.1 Å². The van der Waals surface area contributed by atoms with Crippen LogP contribution in [0.1, 0.15) is 19.3 Å². The zero-order valence-corrected chi connectivity index (χ0v) is 8.93. The molecule has 4 heteroatoms. The van der Waals surface area contributed by atoms with Crippen molar-refractivity contribution in [1.29, 1.82) is 5.26 Å². The molecular weight excluding hydrogens is 217 g/mol. The van der Waals surface area contributed by atoms with E-state index in [1.54, 1.807) is 0 Å². The van der Waals surface area contributed by atoms with Crippen LogP contribution < -0.4 is 4.74 Å². The molecule has 0 fully saturated rings. The maximum absolute atomic E-state index is 12.7. The van der Waals surface area contributed by atoms with Crippen LogP contribution in [0.15, 0.2) is 18.2 Å². The minimum Gasteiger partial charge on any atom is -0.492 e. The quantitative estimate of drug-likeness (QED) is 0.721. The number of halogens is 2. The summed E-state index contributed by atoms with van der Waals surface area (Å²) >= 11 is 5.75. The van der Waals surface area contributed by atoms with E-state index in [9.17, 15) is 4.39 Å². The van der Waals surface area contributed by atoms with E-state index < -0.39 is 0 Å². The van der Waals surface area contributed by atoms with Crippen molar-refractivity contribution in [3.63, 3.8) is 0 Å². The molecule has 0 aliphatic rings. The van der Waals surface area contributed by atoms with Gasteiger partial charge in [-0.1, -0.05) is 11.6 Å². The number of benzene rings is 1. The molecule has 0 aromatic heterocycles. The second-order valence-electron chi connectivity index (χ2n) is 3.04. The number of nitriles is 1. The van der Waals surface area contributed by atoms with Crippen molar-refractivity contribution in [2.45, 2.75) is 19.3 Å². The molecule has 0 radical (unpaired) electrons. The summed E-state index contributed by atoms with van der Waals surface area (Å²) < 4.78 is 18.0. The molecule has 0 heterocycles. The van der Waals surface area contributed by atoms with Gasteiger partial charge < -0.3 is 4.74 Å². The standard InChI is InChI=1S/C11H11ClFNO/c12-10-8-9(13)4-5-11(10)15-7-3-1-2-6-14/h4-5,8H,1-3,7H2.